The van der Waals surface area contributed by atoms with Gasteiger partial charge in [-0.15, -0.1) is 22.7 Å². The van der Waals surface area contributed by atoms with Crippen LogP contribution in [0.15, 0.2) is 104 Å². The Morgan fingerprint density at radius 2 is 1.85 bits per heavy atom. The molecular formula is C28H17N5O4S3. The summed E-state index contributed by atoms with van der Waals surface area (Å²) >= 11 is 2.40. The molecule has 0 bridgehead atoms. The van der Waals surface area contributed by atoms with Crippen molar-refractivity contribution in [2.24, 2.45) is 0 Å². The van der Waals surface area contributed by atoms with E-state index in [9.17, 15) is 18.5 Å². The van der Waals surface area contributed by atoms with Gasteiger partial charge in [0, 0.05) is 34.2 Å². The van der Waals surface area contributed by atoms with Crippen molar-refractivity contribution < 1.29 is 12.8 Å². The molecule has 40 heavy (non-hydrogen) atoms. The van der Waals surface area contributed by atoms with E-state index in [-0.39, 0.29) is 15.6 Å². The monoisotopic (exact) mass is 583 g/mol. The van der Waals surface area contributed by atoms with Gasteiger partial charge < -0.3 is 9.73 Å². The Hall–Kier alpha value is -4.83. The summed E-state index contributed by atoms with van der Waals surface area (Å²) in [4.78, 5) is 21.3. The molecule has 0 unspecified atom stereocenters. The van der Waals surface area contributed by atoms with E-state index in [1.807, 2.05) is 30.3 Å². The van der Waals surface area contributed by atoms with Crippen molar-refractivity contribution in [3.05, 3.63) is 105 Å². The molecule has 196 valence electrons. The van der Waals surface area contributed by atoms with Crippen LogP contribution in [0.25, 0.3) is 38.6 Å². The molecule has 3 heterocycles. The number of nitrogens with one attached hydrogen (secondary N) is 2. The molecule has 0 aliphatic carbocycles. The van der Waals surface area contributed by atoms with E-state index in [0.717, 1.165) is 16.2 Å². The lowest BCUT2D eigenvalue weighted by Crippen LogP contribution is -2.12. The minimum absolute atomic E-state index is 0.0734. The first-order chi connectivity index (χ1) is 19.4. The van der Waals surface area contributed by atoms with Gasteiger partial charge >= 0.3 is 5.63 Å². The molecule has 0 saturated heterocycles. The highest BCUT2D eigenvalue weighted by atomic mass is 32.2. The van der Waals surface area contributed by atoms with Gasteiger partial charge in [0.15, 0.2) is 5.13 Å². The van der Waals surface area contributed by atoms with Crippen LogP contribution in [0.3, 0.4) is 0 Å². The third-order valence-electron chi connectivity index (χ3n) is 5.97. The number of hydrogen-bond acceptors (Lipinski definition) is 10. The maximum absolute atomic E-state index is 12.8. The van der Waals surface area contributed by atoms with Gasteiger partial charge in [-0.2, -0.15) is 5.26 Å². The summed E-state index contributed by atoms with van der Waals surface area (Å²) in [5, 5.41) is 19.6. The van der Waals surface area contributed by atoms with Gasteiger partial charge in [0.25, 0.3) is 10.0 Å². The fourth-order valence-electron chi connectivity index (χ4n) is 4.05. The third kappa shape index (κ3) is 4.96. The zero-order valence-corrected chi connectivity index (χ0v) is 22.8. The first-order valence-corrected chi connectivity index (χ1v) is 15.0. The van der Waals surface area contributed by atoms with Gasteiger partial charge in [-0.1, -0.05) is 30.3 Å². The molecule has 0 spiro atoms. The third-order valence-corrected chi connectivity index (χ3v) is 9.02. The normalized spacial score (nSPS) is 11.9. The minimum atomic E-state index is -3.77. The van der Waals surface area contributed by atoms with Crippen molar-refractivity contribution in [3.63, 3.8) is 0 Å². The number of aromatic nitrogens is 2. The van der Waals surface area contributed by atoms with Crippen molar-refractivity contribution in [2.45, 2.75) is 4.90 Å². The van der Waals surface area contributed by atoms with Crippen molar-refractivity contribution in [3.8, 4) is 17.3 Å². The van der Waals surface area contributed by atoms with Crippen LogP contribution in [-0.2, 0) is 10.0 Å². The second-order valence-electron chi connectivity index (χ2n) is 8.47. The maximum atomic E-state index is 12.8. The Balaban J connectivity index is 1.24. The van der Waals surface area contributed by atoms with Crippen molar-refractivity contribution >= 4 is 70.8 Å². The zero-order valence-electron chi connectivity index (χ0n) is 20.4. The minimum Gasteiger partial charge on any atom is -0.422 e. The SMILES string of the molecule is N#CC(=CNc1ccc(S(=O)(=O)Nc2nccs2)cc1)c1nc(-c2cc3c(ccc4ccccc43)oc2=O)cs1. The number of benzene rings is 3. The summed E-state index contributed by atoms with van der Waals surface area (Å²) in [5.74, 6) is 0. The molecule has 0 saturated carbocycles. The van der Waals surface area contributed by atoms with Crippen LogP contribution in [0.2, 0.25) is 0 Å². The van der Waals surface area contributed by atoms with Gasteiger partial charge in [-0.05, 0) is 47.2 Å². The molecule has 0 aliphatic heterocycles. The quantitative estimate of drug-likeness (QED) is 0.127. The highest BCUT2D eigenvalue weighted by Gasteiger charge is 2.16. The number of nitriles is 1. The van der Waals surface area contributed by atoms with Gasteiger partial charge in [0.2, 0.25) is 0 Å². The molecule has 2 N–H and O–H groups in total. The van der Waals surface area contributed by atoms with E-state index in [1.54, 1.807) is 35.0 Å². The van der Waals surface area contributed by atoms with Crippen LogP contribution in [-0.4, -0.2) is 18.4 Å². The summed E-state index contributed by atoms with van der Waals surface area (Å²) in [7, 11) is -3.77. The Kier molecular flexibility index (Phi) is 6.61. The van der Waals surface area contributed by atoms with Gasteiger partial charge in [0.1, 0.15) is 22.2 Å². The molecule has 0 amide bonds. The average Bonchev–Trinajstić information content (AvgIpc) is 3.66. The van der Waals surface area contributed by atoms with Crippen LogP contribution >= 0.6 is 22.7 Å². The maximum Gasteiger partial charge on any atom is 0.345 e. The first kappa shape index (κ1) is 25.4. The van der Waals surface area contributed by atoms with Crippen LogP contribution < -0.4 is 15.7 Å². The average molecular weight is 584 g/mol. The summed E-state index contributed by atoms with van der Waals surface area (Å²) in [5.41, 5.74) is 1.50. The lowest BCUT2D eigenvalue weighted by molar-refractivity contribution is 0.563. The summed E-state index contributed by atoms with van der Waals surface area (Å²) in [6.07, 6.45) is 2.99. The summed E-state index contributed by atoms with van der Waals surface area (Å²) < 4.78 is 33.1. The lowest BCUT2D eigenvalue weighted by atomic mass is 10.0. The van der Waals surface area contributed by atoms with E-state index >= 15 is 0 Å². The van der Waals surface area contributed by atoms with Crippen LogP contribution in [0.5, 0.6) is 0 Å². The number of hydrogen-bond donors (Lipinski definition) is 2. The van der Waals surface area contributed by atoms with E-state index in [1.165, 1.54) is 47.2 Å². The van der Waals surface area contributed by atoms with Crippen LogP contribution in [0, 0.1) is 11.3 Å². The number of sulfonamides is 1. The summed E-state index contributed by atoms with van der Waals surface area (Å²) in [6.45, 7) is 0. The highest BCUT2D eigenvalue weighted by molar-refractivity contribution is 7.93. The molecular weight excluding hydrogens is 567 g/mol. The molecule has 0 radical (unpaired) electrons. The van der Waals surface area contributed by atoms with E-state index in [0.29, 0.717) is 27.5 Å². The molecule has 9 nitrogen and oxygen atoms in total. The number of allylic oxidation sites excluding steroid dienone is 1. The largest absolute Gasteiger partial charge is 0.422 e. The number of rotatable bonds is 7. The van der Waals surface area contributed by atoms with E-state index < -0.39 is 15.6 Å². The molecule has 6 rings (SSSR count). The van der Waals surface area contributed by atoms with Crippen molar-refractivity contribution in [2.75, 3.05) is 10.0 Å². The van der Waals surface area contributed by atoms with E-state index in [4.69, 9.17) is 4.42 Å². The number of fused-ring (bicyclic) bond motifs is 3. The predicted octanol–water partition coefficient (Wildman–Crippen LogP) is 6.30. The highest BCUT2D eigenvalue weighted by Crippen LogP contribution is 2.30. The molecule has 12 heteroatoms. The Labute approximate surface area is 235 Å². The number of nitrogens with zero attached hydrogens (tertiary/aromatic N) is 3. The fraction of sp³-hybridized carbons (Fsp3) is 0. The molecule has 0 atom stereocenters. The molecule has 3 aromatic carbocycles. The lowest BCUT2D eigenvalue weighted by Gasteiger charge is -2.06. The van der Waals surface area contributed by atoms with Crippen molar-refractivity contribution in [1.82, 2.24) is 9.97 Å². The topological polar surface area (TPSA) is 138 Å². The Morgan fingerprint density at radius 3 is 2.62 bits per heavy atom. The molecule has 6 aromatic rings. The first-order valence-electron chi connectivity index (χ1n) is 11.7. The van der Waals surface area contributed by atoms with Crippen LogP contribution in [0.1, 0.15) is 5.01 Å². The van der Waals surface area contributed by atoms with Gasteiger partial charge in [-0.3, -0.25) is 4.72 Å². The summed E-state index contributed by atoms with van der Waals surface area (Å²) in [6, 6.07) is 21.5. The standard InChI is InChI=1S/C28H17N5O4S3/c29-14-18(15-31-19-6-8-20(9-7-19)40(35,36)33-28-30-11-12-38-28)26-32-24(16-39-26)23-13-22-21-4-2-1-3-17(21)5-10-25(22)37-27(23)34/h1-13,15-16,31H,(H,30,33). The second kappa shape index (κ2) is 10.4. The molecule has 3 aromatic heterocycles. The second-order valence-corrected chi connectivity index (χ2v) is 11.9. The number of thiazole rings is 2. The Morgan fingerprint density at radius 1 is 1.02 bits per heavy atom. The van der Waals surface area contributed by atoms with Crippen LogP contribution in [0.4, 0.5) is 10.8 Å². The smallest absolute Gasteiger partial charge is 0.345 e. The van der Waals surface area contributed by atoms with Gasteiger partial charge in [-0.25, -0.2) is 23.2 Å². The predicted molar refractivity (Wildman–Crippen MR) is 158 cm³/mol. The van der Waals surface area contributed by atoms with Gasteiger partial charge in [0.05, 0.1) is 16.2 Å². The fourth-order valence-corrected chi connectivity index (χ4v) is 6.62. The Bertz CT molecular complexity index is 2110. The number of anilines is 2. The zero-order chi connectivity index (χ0) is 27.7. The molecule has 0 aliphatic rings. The van der Waals surface area contributed by atoms with Crippen molar-refractivity contribution in [1.29, 1.82) is 5.26 Å². The molecule has 0 fully saturated rings. The van der Waals surface area contributed by atoms with E-state index in [2.05, 4.69) is 26.1 Å².